The van der Waals surface area contributed by atoms with Crippen molar-refractivity contribution in [2.45, 2.75) is 25.2 Å². The zero-order chi connectivity index (χ0) is 10.9. The van der Waals surface area contributed by atoms with E-state index in [4.69, 9.17) is 10.5 Å². The minimum atomic E-state index is -0.397. The van der Waals surface area contributed by atoms with E-state index >= 15 is 0 Å². The van der Waals surface area contributed by atoms with Gasteiger partial charge in [0.25, 0.3) is 0 Å². The zero-order valence-electron chi connectivity index (χ0n) is 8.82. The molecule has 0 atom stereocenters. The third-order valence-corrected chi connectivity index (χ3v) is 2.86. The molecule has 3 heteroatoms. The molecule has 0 heterocycles. The molecule has 80 valence electrons. The molecule has 0 aromatic heterocycles. The second-order valence-corrected chi connectivity index (χ2v) is 3.93. The number of ether oxygens (including phenoxy) is 1. The second-order valence-electron chi connectivity index (χ2n) is 3.93. The van der Waals surface area contributed by atoms with Crippen LogP contribution in [0.1, 0.15) is 25.3 Å². The quantitative estimate of drug-likeness (QED) is 0.605. The Morgan fingerprint density at radius 3 is 2.80 bits per heavy atom. The number of nitrogen functional groups attached to an aromatic ring is 1. The lowest BCUT2D eigenvalue weighted by atomic mass is 9.96. The van der Waals surface area contributed by atoms with Gasteiger partial charge in [-0.2, -0.15) is 0 Å². The first kappa shape index (κ1) is 10.0. The molecular weight excluding hydrogens is 190 g/mol. The third-order valence-electron chi connectivity index (χ3n) is 2.86. The van der Waals surface area contributed by atoms with Crippen LogP contribution < -0.4 is 5.73 Å². The molecule has 1 aliphatic carbocycles. The van der Waals surface area contributed by atoms with E-state index in [0.717, 1.165) is 18.4 Å². The van der Waals surface area contributed by atoms with Crippen LogP contribution in [0.25, 0.3) is 0 Å². The number of carbonyl (C=O) groups excluding carboxylic acids is 1. The average molecular weight is 205 g/mol. The fourth-order valence-corrected chi connectivity index (χ4v) is 1.84. The molecule has 0 radical (unpaired) electrons. The molecule has 1 saturated carbocycles. The molecule has 3 nitrogen and oxygen atoms in total. The topological polar surface area (TPSA) is 52.3 Å². The first-order valence-electron chi connectivity index (χ1n) is 5.22. The Bertz CT molecular complexity index is 383. The van der Waals surface area contributed by atoms with E-state index in [9.17, 15) is 4.79 Å². The van der Waals surface area contributed by atoms with Crippen molar-refractivity contribution in [1.29, 1.82) is 0 Å². The summed E-state index contributed by atoms with van der Waals surface area (Å²) in [7, 11) is 0. The number of rotatable bonds is 3. The summed E-state index contributed by atoms with van der Waals surface area (Å²) in [6.45, 7) is 2.26. The Morgan fingerprint density at radius 2 is 2.27 bits per heavy atom. The molecule has 15 heavy (non-hydrogen) atoms. The number of benzene rings is 1. The predicted molar refractivity (Wildman–Crippen MR) is 58.4 cm³/mol. The van der Waals surface area contributed by atoms with Gasteiger partial charge >= 0.3 is 5.97 Å². The minimum Gasteiger partial charge on any atom is -0.465 e. The number of hydrogen-bond acceptors (Lipinski definition) is 3. The van der Waals surface area contributed by atoms with Crippen molar-refractivity contribution < 1.29 is 9.53 Å². The van der Waals surface area contributed by atoms with E-state index in [2.05, 4.69) is 0 Å². The fourth-order valence-electron chi connectivity index (χ4n) is 1.84. The fraction of sp³-hybridized carbons (Fsp3) is 0.417. The van der Waals surface area contributed by atoms with Gasteiger partial charge < -0.3 is 10.5 Å². The SMILES string of the molecule is CCOC(=O)C1(c2cccc(N)c2)CC1. The molecule has 0 unspecified atom stereocenters. The molecule has 0 bridgehead atoms. The number of hydrogen-bond donors (Lipinski definition) is 1. The van der Waals surface area contributed by atoms with Crippen LogP contribution in [0.3, 0.4) is 0 Å². The van der Waals surface area contributed by atoms with Gasteiger partial charge in [-0.25, -0.2) is 0 Å². The maximum atomic E-state index is 11.8. The molecule has 1 fully saturated rings. The smallest absolute Gasteiger partial charge is 0.316 e. The molecular formula is C12H15NO2. The van der Waals surface area contributed by atoms with Crippen molar-refractivity contribution in [3.8, 4) is 0 Å². The van der Waals surface area contributed by atoms with Crippen LogP contribution in [0, 0.1) is 0 Å². The summed E-state index contributed by atoms with van der Waals surface area (Å²) in [5.41, 5.74) is 6.99. The molecule has 2 N–H and O–H groups in total. The van der Waals surface area contributed by atoms with E-state index in [-0.39, 0.29) is 5.97 Å². The van der Waals surface area contributed by atoms with E-state index in [1.807, 2.05) is 31.2 Å². The largest absolute Gasteiger partial charge is 0.465 e. The lowest BCUT2D eigenvalue weighted by Crippen LogP contribution is -2.23. The lowest BCUT2D eigenvalue weighted by molar-refractivity contribution is -0.146. The lowest BCUT2D eigenvalue weighted by Gasteiger charge is -2.14. The van der Waals surface area contributed by atoms with Crippen LogP contribution in [0.2, 0.25) is 0 Å². The van der Waals surface area contributed by atoms with Gasteiger partial charge in [0.1, 0.15) is 0 Å². The van der Waals surface area contributed by atoms with Crippen molar-refractivity contribution in [3.05, 3.63) is 29.8 Å². The molecule has 0 saturated heterocycles. The van der Waals surface area contributed by atoms with Crippen LogP contribution in [-0.4, -0.2) is 12.6 Å². The van der Waals surface area contributed by atoms with E-state index in [1.54, 1.807) is 0 Å². The standard InChI is InChI=1S/C12H15NO2/c1-2-15-11(14)12(6-7-12)9-4-3-5-10(13)8-9/h3-5,8H,2,6-7,13H2,1H3. The van der Waals surface area contributed by atoms with Crippen LogP contribution >= 0.6 is 0 Å². The summed E-state index contributed by atoms with van der Waals surface area (Å²) in [5, 5.41) is 0. The summed E-state index contributed by atoms with van der Waals surface area (Å²) in [6, 6.07) is 7.51. The number of esters is 1. The first-order chi connectivity index (χ1) is 7.19. The normalized spacial score (nSPS) is 17.1. The Balaban J connectivity index is 2.26. The predicted octanol–water partition coefficient (Wildman–Crippen LogP) is 1.86. The van der Waals surface area contributed by atoms with Gasteiger partial charge in [0.2, 0.25) is 0 Å². The van der Waals surface area contributed by atoms with Gasteiger partial charge in [-0.1, -0.05) is 12.1 Å². The van der Waals surface area contributed by atoms with Crippen LogP contribution in [-0.2, 0) is 14.9 Å². The highest BCUT2D eigenvalue weighted by molar-refractivity contribution is 5.86. The van der Waals surface area contributed by atoms with E-state index in [0.29, 0.717) is 12.3 Å². The van der Waals surface area contributed by atoms with Crippen molar-refractivity contribution >= 4 is 11.7 Å². The summed E-state index contributed by atoms with van der Waals surface area (Å²) in [4.78, 5) is 11.8. The maximum Gasteiger partial charge on any atom is 0.316 e. The zero-order valence-corrected chi connectivity index (χ0v) is 8.82. The van der Waals surface area contributed by atoms with Gasteiger partial charge in [0.05, 0.1) is 12.0 Å². The molecule has 1 aromatic carbocycles. The first-order valence-corrected chi connectivity index (χ1v) is 5.22. The van der Waals surface area contributed by atoms with Crippen LogP contribution in [0.4, 0.5) is 5.69 Å². The highest BCUT2D eigenvalue weighted by Crippen LogP contribution is 2.49. The summed E-state index contributed by atoms with van der Waals surface area (Å²) < 4.78 is 5.08. The molecule has 1 aromatic rings. The van der Waals surface area contributed by atoms with E-state index < -0.39 is 5.41 Å². The van der Waals surface area contributed by atoms with Gasteiger partial charge in [-0.3, -0.25) is 4.79 Å². The Kier molecular flexibility index (Phi) is 2.39. The van der Waals surface area contributed by atoms with Gasteiger partial charge in [0, 0.05) is 5.69 Å². The Hall–Kier alpha value is -1.51. The molecule has 0 spiro atoms. The van der Waals surface area contributed by atoms with Crippen molar-refractivity contribution in [1.82, 2.24) is 0 Å². The van der Waals surface area contributed by atoms with Gasteiger partial charge in [-0.15, -0.1) is 0 Å². The summed E-state index contributed by atoms with van der Waals surface area (Å²) in [6.07, 6.45) is 1.74. The van der Waals surface area contributed by atoms with Crippen molar-refractivity contribution in [3.63, 3.8) is 0 Å². The maximum absolute atomic E-state index is 11.8. The highest BCUT2D eigenvalue weighted by Gasteiger charge is 2.52. The van der Waals surface area contributed by atoms with Crippen molar-refractivity contribution in [2.24, 2.45) is 0 Å². The van der Waals surface area contributed by atoms with E-state index in [1.165, 1.54) is 0 Å². The summed E-state index contributed by atoms with van der Waals surface area (Å²) >= 11 is 0. The average Bonchev–Trinajstić information content (AvgIpc) is 2.99. The number of anilines is 1. The van der Waals surface area contributed by atoms with Crippen LogP contribution in [0.15, 0.2) is 24.3 Å². The number of nitrogens with two attached hydrogens (primary N) is 1. The summed E-state index contributed by atoms with van der Waals surface area (Å²) in [5.74, 6) is -0.115. The van der Waals surface area contributed by atoms with Gasteiger partial charge in [-0.05, 0) is 37.5 Å². The number of carbonyl (C=O) groups is 1. The third kappa shape index (κ3) is 1.69. The molecule has 0 aliphatic heterocycles. The monoisotopic (exact) mass is 205 g/mol. The van der Waals surface area contributed by atoms with Gasteiger partial charge in [0.15, 0.2) is 0 Å². The van der Waals surface area contributed by atoms with Crippen molar-refractivity contribution in [2.75, 3.05) is 12.3 Å². The molecule has 2 rings (SSSR count). The second kappa shape index (κ2) is 3.57. The van der Waals surface area contributed by atoms with Crippen LogP contribution in [0.5, 0.6) is 0 Å². The Morgan fingerprint density at radius 1 is 1.53 bits per heavy atom. The highest BCUT2D eigenvalue weighted by atomic mass is 16.5. The molecule has 0 amide bonds. The Labute approximate surface area is 89.2 Å². The molecule has 1 aliphatic rings. The minimum absolute atomic E-state index is 0.115.